The van der Waals surface area contributed by atoms with Crippen LogP contribution in [0.4, 0.5) is 0 Å². The smallest absolute Gasteiger partial charge is 0.245 e. The van der Waals surface area contributed by atoms with E-state index < -0.39 is 84.0 Å². The Morgan fingerprint density at radius 2 is 1.52 bits per heavy atom. The number of nitrogens with zero attached hydrogens (tertiary/aromatic N) is 3. The number of guanidine groups is 1. The maximum absolute atomic E-state index is 14.3. The van der Waals surface area contributed by atoms with Crippen molar-refractivity contribution in [2.24, 2.45) is 28.1 Å². The molecule has 3 fully saturated rings. The van der Waals surface area contributed by atoms with Crippen LogP contribution in [0.2, 0.25) is 0 Å². The zero-order valence-electron chi connectivity index (χ0n) is 34.4. The first-order valence-electron chi connectivity index (χ1n) is 20.8. The number of rotatable bonds is 21. The van der Waals surface area contributed by atoms with Crippen molar-refractivity contribution in [2.75, 3.05) is 26.2 Å². The number of likely N-dealkylation sites (tertiary alicyclic amines) is 2. The summed E-state index contributed by atoms with van der Waals surface area (Å²) in [5, 5.41) is 23.8. The molecule has 7 amide bonds. The van der Waals surface area contributed by atoms with Crippen LogP contribution in [-0.2, 0) is 44.8 Å². The summed E-state index contributed by atoms with van der Waals surface area (Å²) in [7, 11) is 0. The Labute approximate surface area is 349 Å². The summed E-state index contributed by atoms with van der Waals surface area (Å²) in [5.41, 5.74) is 16.8. The Morgan fingerprint density at radius 3 is 2.12 bits per heavy atom. The van der Waals surface area contributed by atoms with Crippen molar-refractivity contribution in [3.05, 3.63) is 29.8 Å². The molecule has 3 saturated heterocycles. The normalized spacial score (nSPS) is 21.1. The van der Waals surface area contributed by atoms with E-state index in [1.807, 2.05) is 6.92 Å². The lowest BCUT2D eigenvalue weighted by atomic mass is 9.96. The molecule has 0 aliphatic carbocycles. The van der Waals surface area contributed by atoms with Gasteiger partial charge in [-0.15, -0.1) is 0 Å². The molecule has 4 rings (SSSR count). The molecule has 12 N–H and O–H groups in total. The molecule has 20 heteroatoms. The van der Waals surface area contributed by atoms with Crippen molar-refractivity contribution < 1.29 is 43.5 Å². The van der Waals surface area contributed by atoms with Gasteiger partial charge in [-0.25, -0.2) is 0 Å². The quantitative estimate of drug-likeness (QED) is 0.0275. The van der Waals surface area contributed by atoms with Gasteiger partial charge in [-0.1, -0.05) is 32.4 Å². The zero-order chi connectivity index (χ0) is 43.9. The number of phenolic OH excluding ortho intramolecular Hbond substituents is 1. The number of carbonyl (C=O) groups excluding carboxylic acids is 8. The van der Waals surface area contributed by atoms with E-state index in [2.05, 4.69) is 31.6 Å². The summed E-state index contributed by atoms with van der Waals surface area (Å²) in [6.45, 7) is 5.11. The van der Waals surface area contributed by atoms with Gasteiger partial charge in [-0.3, -0.25) is 38.6 Å². The molecular weight excluding hydrogens is 779 g/mol. The Kier molecular flexibility index (Phi) is 17.6. The number of aldehydes is 1. The number of aromatic hydroxyl groups is 1. The average molecular weight is 840 g/mol. The standard InChI is InChI=1S/C40H61N11O9/c1-3-23(2)33(37(58)48-29(20-24-12-14-26(53)15-13-24)34(55)46-25(22-52)21-32(41)54)49-36(57)31-11-7-19-51(31)39(60)28(9-5-17-45-40(42)43)47-35(56)30-10-6-18-50(30)38(59)27-8-4-16-44-27/h12-15,22-23,25,27-31,33,44,53H,3-11,16-21H2,1-2H3,(H2,41,54)(H,46,55)(H,47,56)(H,48,58)(H,49,57)(H4,42,43,45)/t23-,25-,27-,28-,29-,30-,31-,33-/m0/s1. The van der Waals surface area contributed by atoms with Crippen LogP contribution in [0, 0.1) is 5.92 Å². The van der Waals surface area contributed by atoms with Crippen molar-refractivity contribution in [3.63, 3.8) is 0 Å². The van der Waals surface area contributed by atoms with Crippen LogP contribution in [0.1, 0.15) is 83.6 Å². The predicted molar refractivity (Wildman–Crippen MR) is 219 cm³/mol. The molecule has 3 aliphatic rings. The topological polar surface area (TPSA) is 314 Å². The first kappa shape index (κ1) is 46.9. The fourth-order valence-corrected chi connectivity index (χ4v) is 7.85. The van der Waals surface area contributed by atoms with Gasteiger partial charge in [0, 0.05) is 26.1 Å². The number of hydrogen-bond acceptors (Lipinski definition) is 11. The van der Waals surface area contributed by atoms with Crippen LogP contribution in [0.15, 0.2) is 29.3 Å². The van der Waals surface area contributed by atoms with E-state index in [-0.39, 0.29) is 56.0 Å². The lowest BCUT2D eigenvalue weighted by Crippen LogP contribution is -2.60. The highest BCUT2D eigenvalue weighted by molar-refractivity contribution is 5.97. The highest BCUT2D eigenvalue weighted by atomic mass is 16.3. The Morgan fingerprint density at radius 1 is 0.867 bits per heavy atom. The SMILES string of the molecule is CC[C@H](C)[C@H](NC(=O)[C@@H]1CCCN1C(=O)[C@H](CCCN=C(N)N)NC(=O)[C@@H]1CCCN1C(=O)[C@@H]1CCCN1)C(=O)N[C@@H](Cc1ccc(O)cc1)C(=O)N[C@H](C=O)CC(N)=O. The molecule has 0 spiro atoms. The second kappa shape index (κ2) is 22.5. The van der Waals surface area contributed by atoms with Gasteiger partial charge in [0.25, 0.3) is 0 Å². The van der Waals surface area contributed by atoms with Gasteiger partial charge < -0.3 is 63.5 Å². The fraction of sp³-hybridized carbons (Fsp3) is 0.625. The Bertz CT molecular complexity index is 1730. The molecule has 60 heavy (non-hydrogen) atoms. The largest absolute Gasteiger partial charge is 0.508 e. The van der Waals surface area contributed by atoms with Gasteiger partial charge >= 0.3 is 0 Å². The number of benzene rings is 1. The van der Waals surface area contributed by atoms with Crippen LogP contribution in [0.5, 0.6) is 5.75 Å². The number of nitrogens with one attached hydrogen (secondary N) is 5. The summed E-state index contributed by atoms with van der Waals surface area (Å²) in [6.07, 6.45) is 4.09. The number of primary amides is 1. The molecule has 0 radical (unpaired) electrons. The van der Waals surface area contributed by atoms with Crippen LogP contribution < -0.4 is 43.8 Å². The number of carbonyl (C=O) groups is 8. The van der Waals surface area contributed by atoms with E-state index in [0.717, 1.165) is 13.0 Å². The van der Waals surface area contributed by atoms with E-state index in [9.17, 15) is 43.5 Å². The average Bonchev–Trinajstić information content (AvgIpc) is 4.03. The van der Waals surface area contributed by atoms with Crippen molar-refractivity contribution in [2.45, 2.75) is 127 Å². The van der Waals surface area contributed by atoms with Crippen LogP contribution >= 0.6 is 0 Å². The molecule has 3 heterocycles. The van der Waals surface area contributed by atoms with Crippen LogP contribution in [-0.4, -0.2) is 137 Å². The molecular formula is C40H61N11O9. The molecule has 0 aromatic heterocycles. The highest BCUT2D eigenvalue weighted by Gasteiger charge is 2.42. The molecule has 0 saturated carbocycles. The van der Waals surface area contributed by atoms with E-state index in [1.54, 1.807) is 24.0 Å². The Balaban J connectivity index is 1.51. The maximum Gasteiger partial charge on any atom is 0.245 e. The minimum Gasteiger partial charge on any atom is -0.508 e. The first-order valence-corrected chi connectivity index (χ1v) is 20.8. The highest BCUT2D eigenvalue weighted by Crippen LogP contribution is 2.24. The van der Waals surface area contributed by atoms with Gasteiger partial charge in [-0.2, -0.15) is 0 Å². The van der Waals surface area contributed by atoms with Gasteiger partial charge in [-0.05, 0) is 81.5 Å². The molecule has 1 aromatic carbocycles. The number of nitrogens with two attached hydrogens (primary N) is 3. The molecule has 0 bridgehead atoms. The van der Waals surface area contributed by atoms with E-state index in [0.29, 0.717) is 56.9 Å². The third-order valence-electron chi connectivity index (χ3n) is 11.3. The lowest BCUT2D eigenvalue weighted by molar-refractivity contribution is -0.144. The third kappa shape index (κ3) is 13.1. The number of aliphatic imine (C=N–C) groups is 1. The molecule has 20 nitrogen and oxygen atoms in total. The van der Waals surface area contributed by atoms with Crippen molar-refractivity contribution in [3.8, 4) is 5.75 Å². The summed E-state index contributed by atoms with van der Waals surface area (Å²) in [6, 6.07) is -0.964. The maximum atomic E-state index is 14.3. The van der Waals surface area contributed by atoms with E-state index >= 15 is 0 Å². The minimum absolute atomic E-state index is 0.0193. The lowest BCUT2D eigenvalue weighted by Gasteiger charge is -2.32. The molecule has 1 aromatic rings. The first-order chi connectivity index (χ1) is 28.6. The van der Waals surface area contributed by atoms with E-state index in [4.69, 9.17) is 17.2 Å². The second-order valence-corrected chi connectivity index (χ2v) is 15.8. The zero-order valence-corrected chi connectivity index (χ0v) is 34.4. The minimum atomic E-state index is -1.28. The van der Waals surface area contributed by atoms with Crippen molar-refractivity contribution in [1.29, 1.82) is 0 Å². The monoisotopic (exact) mass is 839 g/mol. The Hall–Kier alpha value is -5.79. The summed E-state index contributed by atoms with van der Waals surface area (Å²) in [4.78, 5) is 113. The van der Waals surface area contributed by atoms with E-state index in [1.165, 1.54) is 17.0 Å². The van der Waals surface area contributed by atoms with Gasteiger partial charge in [0.2, 0.25) is 41.4 Å². The summed E-state index contributed by atoms with van der Waals surface area (Å²) >= 11 is 0. The number of amides is 7. The van der Waals surface area contributed by atoms with Crippen LogP contribution in [0.3, 0.4) is 0 Å². The number of phenols is 1. The van der Waals surface area contributed by atoms with Crippen molar-refractivity contribution >= 4 is 53.6 Å². The molecule has 0 unspecified atom stereocenters. The second-order valence-electron chi connectivity index (χ2n) is 15.8. The third-order valence-corrected chi connectivity index (χ3v) is 11.3. The summed E-state index contributed by atoms with van der Waals surface area (Å²) < 4.78 is 0. The van der Waals surface area contributed by atoms with Gasteiger partial charge in [0.05, 0.1) is 18.5 Å². The predicted octanol–water partition coefficient (Wildman–Crippen LogP) is -2.22. The van der Waals surface area contributed by atoms with Gasteiger partial charge in [0.15, 0.2) is 5.96 Å². The fourth-order valence-electron chi connectivity index (χ4n) is 7.85. The summed E-state index contributed by atoms with van der Waals surface area (Å²) in [5.74, 6) is -4.63. The number of hydrogen-bond donors (Lipinski definition) is 9. The van der Waals surface area contributed by atoms with Crippen molar-refractivity contribution in [1.82, 2.24) is 36.4 Å². The molecule has 8 atom stereocenters. The van der Waals surface area contributed by atoms with Gasteiger partial charge in [0.1, 0.15) is 42.2 Å². The molecule has 3 aliphatic heterocycles. The molecule has 330 valence electrons. The van der Waals surface area contributed by atoms with Crippen LogP contribution in [0.25, 0.3) is 0 Å².